The van der Waals surface area contributed by atoms with Crippen molar-refractivity contribution in [3.05, 3.63) is 29.8 Å². The Kier molecular flexibility index (Phi) is 4.25. The zero-order valence-corrected chi connectivity index (χ0v) is 12.7. The van der Waals surface area contributed by atoms with E-state index in [0.29, 0.717) is 17.7 Å². The van der Waals surface area contributed by atoms with Crippen LogP contribution in [-0.4, -0.2) is 34.6 Å². The lowest BCUT2D eigenvalue weighted by molar-refractivity contribution is -0.130. The number of amides is 4. The molecule has 1 fully saturated rings. The summed E-state index contributed by atoms with van der Waals surface area (Å²) in [6.45, 7) is 4.93. The Morgan fingerprint density at radius 2 is 2.00 bits per heavy atom. The molecule has 2 rings (SSSR count). The van der Waals surface area contributed by atoms with Crippen LogP contribution in [0, 0.1) is 0 Å². The molecular formula is C15H18N4O3. The third kappa shape index (κ3) is 3.13. The van der Waals surface area contributed by atoms with Gasteiger partial charge in [-0.2, -0.15) is 5.10 Å². The molecule has 1 atom stereocenters. The highest BCUT2D eigenvalue weighted by molar-refractivity contribution is 6.07. The van der Waals surface area contributed by atoms with Crippen LogP contribution in [0.25, 0.3) is 0 Å². The standard InChI is InChI=1S/C15H18N4O3/c1-4-15(3)13(21)19(14(22)18-15)16-9-11-5-7-12(8-6-11)17-10(2)20/h5-9H,4H2,1-3H3,(H,17,20)(H,18,22)/b16-9+. The van der Waals surface area contributed by atoms with E-state index in [-0.39, 0.29) is 11.8 Å². The number of nitrogens with one attached hydrogen (secondary N) is 2. The van der Waals surface area contributed by atoms with Gasteiger partial charge in [0.2, 0.25) is 5.91 Å². The van der Waals surface area contributed by atoms with Crippen LogP contribution in [0.2, 0.25) is 0 Å². The molecular weight excluding hydrogens is 284 g/mol. The maximum Gasteiger partial charge on any atom is 0.346 e. The van der Waals surface area contributed by atoms with E-state index in [0.717, 1.165) is 5.01 Å². The van der Waals surface area contributed by atoms with Crippen molar-refractivity contribution in [3.63, 3.8) is 0 Å². The van der Waals surface area contributed by atoms with Crippen molar-refractivity contribution < 1.29 is 14.4 Å². The lowest BCUT2D eigenvalue weighted by atomic mass is 10.00. The molecule has 0 bridgehead atoms. The van der Waals surface area contributed by atoms with Crippen molar-refractivity contribution in [2.24, 2.45) is 5.10 Å². The van der Waals surface area contributed by atoms with E-state index in [1.165, 1.54) is 13.1 Å². The molecule has 116 valence electrons. The van der Waals surface area contributed by atoms with E-state index in [1.54, 1.807) is 31.2 Å². The summed E-state index contributed by atoms with van der Waals surface area (Å²) in [7, 11) is 0. The van der Waals surface area contributed by atoms with Crippen molar-refractivity contribution in [1.82, 2.24) is 10.3 Å². The molecule has 0 radical (unpaired) electrons. The number of nitrogens with zero attached hydrogens (tertiary/aromatic N) is 2. The normalized spacial score (nSPS) is 21.3. The van der Waals surface area contributed by atoms with Gasteiger partial charge in [0.05, 0.1) is 6.21 Å². The first kappa shape index (κ1) is 15.7. The van der Waals surface area contributed by atoms with Crippen molar-refractivity contribution in [1.29, 1.82) is 0 Å². The van der Waals surface area contributed by atoms with Gasteiger partial charge >= 0.3 is 6.03 Å². The Labute approximate surface area is 128 Å². The maximum absolute atomic E-state index is 12.1. The van der Waals surface area contributed by atoms with Crippen molar-refractivity contribution in [2.75, 3.05) is 5.32 Å². The predicted octanol–water partition coefficient (Wildman–Crippen LogP) is 1.70. The molecule has 7 nitrogen and oxygen atoms in total. The van der Waals surface area contributed by atoms with Crippen LogP contribution in [0.5, 0.6) is 0 Å². The minimum absolute atomic E-state index is 0.153. The Bertz CT molecular complexity index is 639. The average Bonchev–Trinajstić information content (AvgIpc) is 2.69. The predicted molar refractivity (Wildman–Crippen MR) is 82.4 cm³/mol. The van der Waals surface area contributed by atoms with E-state index < -0.39 is 11.6 Å². The highest BCUT2D eigenvalue weighted by Crippen LogP contribution is 2.21. The minimum Gasteiger partial charge on any atom is -0.326 e. The number of urea groups is 1. The summed E-state index contributed by atoms with van der Waals surface area (Å²) in [5.41, 5.74) is 0.474. The zero-order valence-electron chi connectivity index (χ0n) is 12.7. The number of anilines is 1. The molecule has 1 aromatic carbocycles. The van der Waals surface area contributed by atoms with Gasteiger partial charge in [0.1, 0.15) is 5.54 Å². The van der Waals surface area contributed by atoms with Gasteiger partial charge in [-0.1, -0.05) is 19.1 Å². The van der Waals surface area contributed by atoms with E-state index >= 15 is 0 Å². The summed E-state index contributed by atoms with van der Waals surface area (Å²) in [6.07, 6.45) is 1.92. The van der Waals surface area contributed by atoms with Crippen LogP contribution in [-0.2, 0) is 9.59 Å². The van der Waals surface area contributed by atoms with Crippen molar-refractivity contribution in [3.8, 4) is 0 Å². The molecule has 1 aliphatic rings. The zero-order chi connectivity index (χ0) is 16.3. The van der Waals surface area contributed by atoms with Gasteiger partial charge in [0.15, 0.2) is 0 Å². The lowest BCUT2D eigenvalue weighted by Gasteiger charge is -2.17. The van der Waals surface area contributed by atoms with E-state index in [4.69, 9.17) is 0 Å². The third-order valence-electron chi connectivity index (χ3n) is 3.50. The van der Waals surface area contributed by atoms with E-state index in [1.807, 2.05) is 6.92 Å². The van der Waals surface area contributed by atoms with Gasteiger partial charge < -0.3 is 10.6 Å². The summed E-state index contributed by atoms with van der Waals surface area (Å²) in [6, 6.07) is 6.36. The summed E-state index contributed by atoms with van der Waals surface area (Å²) in [4.78, 5) is 34.9. The molecule has 1 unspecified atom stereocenters. The van der Waals surface area contributed by atoms with E-state index in [2.05, 4.69) is 15.7 Å². The first-order valence-corrected chi connectivity index (χ1v) is 6.94. The van der Waals surface area contributed by atoms with Crippen LogP contribution < -0.4 is 10.6 Å². The topological polar surface area (TPSA) is 90.9 Å². The number of hydrogen-bond donors (Lipinski definition) is 2. The monoisotopic (exact) mass is 302 g/mol. The quantitative estimate of drug-likeness (QED) is 0.655. The van der Waals surface area contributed by atoms with Gasteiger partial charge in [-0.15, -0.1) is 5.01 Å². The molecule has 0 aromatic heterocycles. The number of hydrogen-bond acceptors (Lipinski definition) is 4. The van der Waals surface area contributed by atoms with E-state index in [9.17, 15) is 14.4 Å². The van der Waals surface area contributed by atoms with Gasteiger partial charge in [-0.05, 0) is 31.0 Å². The summed E-state index contributed by atoms with van der Waals surface area (Å²) < 4.78 is 0. The lowest BCUT2D eigenvalue weighted by Crippen LogP contribution is -2.42. The Hall–Kier alpha value is -2.70. The molecule has 2 N–H and O–H groups in total. The minimum atomic E-state index is -0.899. The fourth-order valence-electron chi connectivity index (χ4n) is 1.99. The number of carbonyl (C=O) groups excluding carboxylic acids is 3. The Morgan fingerprint density at radius 1 is 1.36 bits per heavy atom. The molecule has 4 amide bonds. The fraction of sp³-hybridized carbons (Fsp3) is 0.333. The van der Waals surface area contributed by atoms with Gasteiger partial charge in [-0.25, -0.2) is 4.79 Å². The molecule has 1 aliphatic heterocycles. The summed E-state index contributed by atoms with van der Waals surface area (Å²) in [5.74, 6) is -0.522. The molecule has 1 aromatic rings. The van der Waals surface area contributed by atoms with Gasteiger partial charge in [-0.3, -0.25) is 9.59 Å². The third-order valence-corrected chi connectivity index (χ3v) is 3.50. The number of hydrazone groups is 1. The first-order chi connectivity index (χ1) is 10.4. The second-order valence-electron chi connectivity index (χ2n) is 5.28. The van der Waals surface area contributed by atoms with Crippen LogP contribution in [0.4, 0.5) is 10.5 Å². The Balaban J connectivity index is 2.10. The second-order valence-corrected chi connectivity index (χ2v) is 5.28. The summed E-state index contributed by atoms with van der Waals surface area (Å²) >= 11 is 0. The molecule has 1 saturated heterocycles. The highest BCUT2D eigenvalue weighted by Gasteiger charge is 2.46. The first-order valence-electron chi connectivity index (χ1n) is 6.94. The fourth-order valence-corrected chi connectivity index (χ4v) is 1.99. The molecule has 0 aliphatic carbocycles. The van der Waals surface area contributed by atoms with Crippen LogP contribution in [0.15, 0.2) is 29.4 Å². The van der Waals surface area contributed by atoms with Gasteiger partial charge in [0.25, 0.3) is 5.91 Å². The second kappa shape index (κ2) is 5.97. The molecule has 1 heterocycles. The van der Waals surface area contributed by atoms with Gasteiger partial charge in [0, 0.05) is 12.6 Å². The van der Waals surface area contributed by atoms with Crippen LogP contribution in [0.1, 0.15) is 32.8 Å². The Morgan fingerprint density at radius 3 is 2.50 bits per heavy atom. The number of rotatable bonds is 4. The highest BCUT2D eigenvalue weighted by atomic mass is 16.2. The molecule has 7 heteroatoms. The molecule has 22 heavy (non-hydrogen) atoms. The SMILES string of the molecule is CCC1(C)NC(=O)N(/N=C/c2ccc(NC(C)=O)cc2)C1=O. The number of benzene rings is 1. The molecule has 0 saturated carbocycles. The number of carbonyl (C=O) groups is 3. The largest absolute Gasteiger partial charge is 0.346 e. The molecule has 0 spiro atoms. The smallest absolute Gasteiger partial charge is 0.326 e. The van der Waals surface area contributed by atoms with Crippen LogP contribution in [0.3, 0.4) is 0 Å². The van der Waals surface area contributed by atoms with Crippen molar-refractivity contribution in [2.45, 2.75) is 32.7 Å². The van der Waals surface area contributed by atoms with Crippen LogP contribution >= 0.6 is 0 Å². The summed E-state index contributed by atoms with van der Waals surface area (Å²) in [5, 5.41) is 10.1. The van der Waals surface area contributed by atoms with Crippen molar-refractivity contribution >= 4 is 29.7 Å². The number of imide groups is 1. The maximum atomic E-state index is 12.1. The average molecular weight is 302 g/mol.